The molecule has 240 valence electrons. The lowest BCUT2D eigenvalue weighted by atomic mass is 9.82. The maximum Gasteiger partial charge on any atom is 0.261 e. The molecular weight excluding hydrogens is 612 g/mol. The van der Waals surface area contributed by atoms with Crippen molar-refractivity contribution in [3.63, 3.8) is 0 Å². The number of aromatic nitrogens is 1. The second kappa shape index (κ2) is 11.6. The van der Waals surface area contributed by atoms with Gasteiger partial charge < -0.3 is 5.32 Å². The Morgan fingerprint density at radius 2 is 1.12 bits per heavy atom. The highest BCUT2D eigenvalue weighted by Crippen LogP contribution is 2.46. The van der Waals surface area contributed by atoms with Gasteiger partial charge >= 0.3 is 0 Å². The zero-order valence-corrected chi connectivity index (χ0v) is 27.3. The maximum absolute atomic E-state index is 13.9. The zero-order valence-electron chi connectivity index (χ0n) is 27.3. The molecule has 49 heavy (non-hydrogen) atoms. The van der Waals surface area contributed by atoms with E-state index in [9.17, 15) is 19.2 Å². The molecule has 0 fully saturated rings. The first-order valence-electron chi connectivity index (χ1n) is 16.5. The van der Waals surface area contributed by atoms with Crippen LogP contribution in [0.1, 0.15) is 53.4 Å². The van der Waals surface area contributed by atoms with Gasteiger partial charge in [0.15, 0.2) is 12.4 Å². The van der Waals surface area contributed by atoms with Crippen LogP contribution in [0.2, 0.25) is 0 Å². The Morgan fingerprint density at radius 1 is 0.673 bits per heavy atom. The Morgan fingerprint density at radius 3 is 1.55 bits per heavy atom. The van der Waals surface area contributed by atoms with Crippen LogP contribution in [0.4, 0.5) is 0 Å². The second-order valence-electron chi connectivity index (χ2n) is 12.7. The summed E-state index contributed by atoms with van der Waals surface area (Å²) in [6.07, 6.45) is 12.4. The molecule has 0 radical (unpaired) electrons. The van der Waals surface area contributed by atoms with Gasteiger partial charge in [0.25, 0.3) is 23.6 Å². The molecule has 0 spiro atoms. The van der Waals surface area contributed by atoms with Crippen LogP contribution < -0.4 is 9.88 Å². The van der Waals surface area contributed by atoms with Gasteiger partial charge in [-0.1, -0.05) is 43.0 Å². The number of nitrogens with two attached hydrogens (primary N) is 1. The number of rotatable bonds is 9. The molecule has 0 saturated heterocycles. The van der Waals surface area contributed by atoms with Crippen LogP contribution in [0.5, 0.6) is 0 Å². The SMILES string of the molecule is C=C/C=C(\C=C/[NH2+]C)CCN1C(=O)c2ccc3c4ccc5c6c(ccc(c7ccc(c2c37)C1=O)c64)C(=O)N(CCc1cc[n+](C)cc1)C5=O. The lowest BCUT2D eigenvalue weighted by Crippen LogP contribution is -2.72. The van der Waals surface area contributed by atoms with Gasteiger partial charge in [0, 0.05) is 58.2 Å². The molecule has 8 heteroatoms. The van der Waals surface area contributed by atoms with Crippen molar-refractivity contribution in [2.75, 3.05) is 20.1 Å². The number of hydrogen-bond acceptors (Lipinski definition) is 4. The molecule has 2 N–H and O–H groups in total. The van der Waals surface area contributed by atoms with E-state index in [1.54, 1.807) is 18.2 Å². The molecule has 0 saturated carbocycles. The fourth-order valence-corrected chi connectivity index (χ4v) is 7.55. The van der Waals surface area contributed by atoms with Gasteiger partial charge in [-0.05, 0) is 86.6 Å². The summed E-state index contributed by atoms with van der Waals surface area (Å²) in [5.41, 5.74) is 3.99. The Hall–Kier alpha value is -5.99. The number of nitrogens with zero attached hydrogens (tertiary/aromatic N) is 3. The summed E-state index contributed by atoms with van der Waals surface area (Å²) in [5.74, 6) is -1.24. The van der Waals surface area contributed by atoms with Gasteiger partial charge in [0.2, 0.25) is 0 Å². The minimum Gasteiger partial charge on any atom is -0.322 e. The number of amides is 4. The maximum atomic E-state index is 13.9. The first-order chi connectivity index (χ1) is 23.8. The van der Waals surface area contributed by atoms with Crippen LogP contribution in [0, 0.1) is 0 Å². The number of quaternary nitrogens is 1. The smallest absolute Gasteiger partial charge is 0.261 e. The number of benzene rings is 5. The molecule has 4 amide bonds. The summed E-state index contributed by atoms with van der Waals surface area (Å²) in [4.78, 5) is 58.3. The number of pyridine rings is 1. The molecule has 8 nitrogen and oxygen atoms in total. The summed E-state index contributed by atoms with van der Waals surface area (Å²) in [5, 5.41) is 8.41. The van der Waals surface area contributed by atoms with Crippen LogP contribution >= 0.6 is 0 Å². The number of carbonyl (C=O) groups is 4. The average Bonchev–Trinajstić information content (AvgIpc) is 3.11. The first kappa shape index (κ1) is 30.4. The van der Waals surface area contributed by atoms with Gasteiger partial charge in [0.1, 0.15) is 7.05 Å². The average molecular weight is 647 g/mol. The van der Waals surface area contributed by atoms with E-state index in [0.717, 1.165) is 43.5 Å². The fraction of sp³-hybridized carbons (Fsp3) is 0.146. The Balaban J connectivity index is 1.22. The quantitative estimate of drug-likeness (QED) is 0.0768. The number of allylic oxidation sites excluding steroid dienone is 3. The molecule has 8 rings (SSSR count). The molecule has 1 aromatic heterocycles. The van der Waals surface area contributed by atoms with Crippen LogP contribution in [0.15, 0.2) is 110 Å². The van der Waals surface area contributed by atoms with E-state index in [4.69, 9.17) is 0 Å². The number of imide groups is 2. The number of carbonyl (C=O) groups excluding carboxylic acids is 4. The molecule has 2 aliphatic heterocycles. The molecule has 0 bridgehead atoms. The summed E-state index contributed by atoms with van der Waals surface area (Å²) in [7, 11) is 3.88. The van der Waals surface area contributed by atoms with E-state index in [1.807, 2.05) is 103 Å². The van der Waals surface area contributed by atoms with Gasteiger partial charge in [-0.15, -0.1) is 0 Å². The molecule has 2 aliphatic rings. The number of fused-ring (bicyclic) bond motifs is 2. The highest BCUT2D eigenvalue weighted by molar-refractivity contribution is 6.41. The Labute approximate surface area is 282 Å². The van der Waals surface area contributed by atoms with Crippen LogP contribution in [0.3, 0.4) is 0 Å². The molecule has 5 aromatic carbocycles. The summed E-state index contributed by atoms with van der Waals surface area (Å²) >= 11 is 0. The topological polar surface area (TPSA) is 95.2 Å². The predicted molar refractivity (Wildman–Crippen MR) is 190 cm³/mol. The second-order valence-corrected chi connectivity index (χ2v) is 12.7. The van der Waals surface area contributed by atoms with E-state index in [-0.39, 0.29) is 36.7 Å². The van der Waals surface area contributed by atoms with Crippen molar-refractivity contribution in [1.29, 1.82) is 0 Å². The van der Waals surface area contributed by atoms with E-state index >= 15 is 0 Å². The predicted octanol–water partition coefficient (Wildman–Crippen LogP) is 5.21. The number of hydrogen-bond donors (Lipinski definition) is 1. The van der Waals surface area contributed by atoms with Gasteiger partial charge in [-0.3, -0.25) is 29.0 Å². The molecule has 0 atom stereocenters. The highest BCUT2D eigenvalue weighted by atomic mass is 16.2. The zero-order chi connectivity index (χ0) is 34.0. The van der Waals surface area contributed by atoms with Crippen LogP contribution in [-0.2, 0) is 13.5 Å². The minimum atomic E-state index is -0.318. The lowest BCUT2D eigenvalue weighted by molar-refractivity contribution is -0.671. The lowest BCUT2D eigenvalue weighted by Gasteiger charge is -2.30. The monoisotopic (exact) mass is 646 g/mol. The Bertz CT molecular complexity index is 2370. The summed E-state index contributed by atoms with van der Waals surface area (Å²) in [6.45, 7) is 4.32. The molecule has 6 aromatic rings. The van der Waals surface area contributed by atoms with E-state index in [1.165, 1.54) is 9.80 Å². The molecule has 0 aliphatic carbocycles. The third-order valence-electron chi connectivity index (χ3n) is 9.93. The van der Waals surface area contributed by atoms with Gasteiger partial charge in [0.05, 0.1) is 13.2 Å². The standard InChI is InChI=1S/C41H33N4O4/c1-4-5-24(14-19-42-2)17-22-44-38(46)30-10-6-26-28-8-12-32-37-33(41(49)45(40(32)48)23-18-25-15-20-43(3)21-16-25)13-9-29(35(28)37)27-7-11-31(39(44)47)36(30)34(26)27/h4-16,19-21,42H,1,17-18,22-23H2,2-3H3/q+1/p+1/b19-14-,24-5+. The van der Waals surface area contributed by atoms with Crippen molar-refractivity contribution in [2.45, 2.75) is 12.8 Å². The third-order valence-corrected chi connectivity index (χ3v) is 9.93. The minimum absolute atomic E-state index is 0.243. The normalized spacial score (nSPS) is 14.9. The van der Waals surface area contributed by atoms with Crippen LogP contribution in [0.25, 0.3) is 43.1 Å². The van der Waals surface area contributed by atoms with E-state index in [2.05, 4.69) is 6.58 Å². The third kappa shape index (κ3) is 4.59. The summed E-state index contributed by atoms with van der Waals surface area (Å²) < 4.78 is 1.94. The van der Waals surface area contributed by atoms with Crippen molar-refractivity contribution in [2.24, 2.45) is 7.05 Å². The van der Waals surface area contributed by atoms with Crippen LogP contribution in [-0.4, -0.2) is 53.6 Å². The van der Waals surface area contributed by atoms with Crippen molar-refractivity contribution < 1.29 is 29.1 Å². The molecule has 3 heterocycles. The molecular formula is C41H34N4O4+2. The van der Waals surface area contributed by atoms with E-state index in [0.29, 0.717) is 45.9 Å². The van der Waals surface area contributed by atoms with Gasteiger partial charge in [-0.25, -0.2) is 4.57 Å². The highest BCUT2D eigenvalue weighted by Gasteiger charge is 2.36. The first-order valence-corrected chi connectivity index (χ1v) is 16.5. The largest absolute Gasteiger partial charge is 0.322 e. The number of aryl methyl sites for hydroxylation is 1. The van der Waals surface area contributed by atoms with Crippen molar-refractivity contribution in [3.8, 4) is 0 Å². The summed E-state index contributed by atoms with van der Waals surface area (Å²) in [6, 6.07) is 19.0. The van der Waals surface area contributed by atoms with E-state index < -0.39 is 0 Å². The van der Waals surface area contributed by atoms with Gasteiger partial charge in [-0.2, -0.15) is 0 Å². The Kier molecular flexibility index (Phi) is 7.19. The molecule has 0 unspecified atom stereocenters. The fourth-order valence-electron chi connectivity index (χ4n) is 7.55. The van der Waals surface area contributed by atoms with Crippen molar-refractivity contribution >= 4 is 66.7 Å². The van der Waals surface area contributed by atoms with Crippen molar-refractivity contribution in [3.05, 3.63) is 137 Å². The van der Waals surface area contributed by atoms with Crippen molar-refractivity contribution in [1.82, 2.24) is 9.80 Å².